The number of esters is 1. The first kappa shape index (κ1) is 52.0. The number of rotatable bonds is 4. The number of Topliss-reactive ketones (excluding diaryl/α,β-unsaturated/α-hetero) is 1. The number of phenols is 1. The second-order valence-corrected chi connectivity index (χ2v) is 14.5. The molecule has 3 saturated carbocycles. The van der Waals surface area contributed by atoms with E-state index in [1.54, 1.807) is 18.2 Å². The van der Waals surface area contributed by atoms with E-state index in [2.05, 4.69) is 18.1 Å². The molecule has 0 amide bonds. The van der Waals surface area contributed by atoms with E-state index < -0.39 is 50.5 Å². The Bertz CT molecular complexity index is 1450. The number of carboxylic acids is 1. The van der Waals surface area contributed by atoms with Crippen LogP contribution in [0.4, 0.5) is 0 Å². The molecule has 4 aliphatic carbocycles. The summed E-state index contributed by atoms with van der Waals surface area (Å²) in [5.74, 6) is -1.77. The Hall–Kier alpha value is -1.34. The Labute approximate surface area is 322 Å². The summed E-state index contributed by atoms with van der Waals surface area (Å²) < 4.78 is 30.2. The Morgan fingerprint density at radius 1 is 1.08 bits per heavy atom. The van der Waals surface area contributed by atoms with Gasteiger partial charge in [0.05, 0.1) is 15.2 Å². The van der Waals surface area contributed by atoms with Crippen molar-refractivity contribution in [1.29, 1.82) is 0 Å². The van der Waals surface area contributed by atoms with E-state index >= 15 is 0 Å². The van der Waals surface area contributed by atoms with Crippen molar-refractivity contribution in [3.63, 3.8) is 0 Å². The van der Waals surface area contributed by atoms with Crippen molar-refractivity contribution in [1.82, 2.24) is 0 Å². The van der Waals surface area contributed by atoms with Crippen molar-refractivity contribution >= 4 is 61.1 Å². The summed E-state index contributed by atoms with van der Waals surface area (Å²) in [7, 11) is -4.08. The Morgan fingerprint density at radius 2 is 1.63 bits per heavy atom. The number of hydrogen-bond acceptors (Lipinski definition) is 14. The molecule has 0 radical (unpaired) electrons. The normalized spacial score (nSPS) is 31.4. The van der Waals surface area contributed by atoms with Gasteiger partial charge in [-0.15, -0.1) is 0 Å². The SMILES string of the molecule is CC(=O)OCC(=O)[C@@]1(O)CC[C@H]2[C@@H]3CCC4=CC(=O)CC[C@]4(C)[C@H]3[C@@H](O)C[C@@]21C.O=C(O)c1ccccc1O.O=S([O-])(O)=S.[Al+3].[Na+].[OH-].[OH-].[OH-]. The van der Waals surface area contributed by atoms with Crippen molar-refractivity contribution in [2.45, 2.75) is 77.4 Å². The molecule has 268 valence electrons. The predicted octanol–water partition coefficient (Wildman–Crippen LogP) is -1.13. The quantitative estimate of drug-likeness (QED) is 0.179. The molecule has 1 unspecified atom stereocenters. The van der Waals surface area contributed by atoms with Crippen LogP contribution in [0.15, 0.2) is 35.9 Å². The molecule has 8 atom stereocenters. The molecule has 1 aromatic rings. The van der Waals surface area contributed by atoms with E-state index in [-0.39, 0.29) is 104 Å². The Kier molecular flexibility index (Phi) is 21.3. The van der Waals surface area contributed by atoms with Gasteiger partial charge >= 0.3 is 58.9 Å². The number of carbonyl (C=O) groups is 4. The Morgan fingerprint density at radius 3 is 2.12 bits per heavy atom. The predicted molar refractivity (Wildman–Crippen MR) is 170 cm³/mol. The van der Waals surface area contributed by atoms with Crippen LogP contribution in [0.2, 0.25) is 0 Å². The first-order chi connectivity index (χ1) is 20.2. The third-order valence-electron chi connectivity index (χ3n) is 10.1. The van der Waals surface area contributed by atoms with Crippen molar-refractivity contribution in [2.75, 3.05) is 6.61 Å². The summed E-state index contributed by atoms with van der Waals surface area (Å²) in [6, 6.07) is 5.81. The zero-order valence-corrected chi connectivity index (χ0v) is 32.5. The fourth-order valence-corrected chi connectivity index (χ4v) is 8.09. The third-order valence-corrected chi connectivity index (χ3v) is 10.1. The number of carbonyl (C=O) groups excluding carboxylic acids is 3. The number of aliphatic hydroxyl groups excluding tert-OH is 1. The van der Waals surface area contributed by atoms with Gasteiger partial charge in [0.2, 0.25) is 5.78 Å². The number of ketones is 2. The van der Waals surface area contributed by atoms with Gasteiger partial charge in [-0.05, 0) is 91.1 Å². The van der Waals surface area contributed by atoms with E-state index in [9.17, 15) is 29.4 Å². The zero-order chi connectivity index (χ0) is 33.3. The van der Waals surface area contributed by atoms with Crippen LogP contribution in [0.3, 0.4) is 0 Å². The van der Waals surface area contributed by atoms with E-state index in [4.69, 9.17) is 28.3 Å². The first-order valence-corrected chi connectivity index (χ1v) is 16.6. The molecular weight excluding hydrogens is 714 g/mol. The molecule has 8 N–H and O–H groups in total. The second kappa shape index (κ2) is 20.0. The molecule has 0 spiro atoms. The van der Waals surface area contributed by atoms with Crippen molar-refractivity contribution in [3.8, 4) is 5.75 Å². The first-order valence-electron chi connectivity index (χ1n) is 14.2. The van der Waals surface area contributed by atoms with Gasteiger partial charge in [0, 0.05) is 18.8 Å². The molecular formula is C30H42AlNaO15S2. The average Bonchev–Trinajstić information content (AvgIpc) is 3.17. The van der Waals surface area contributed by atoms with Crippen LogP contribution < -0.4 is 29.6 Å². The van der Waals surface area contributed by atoms with Crippen LogP contribution in [0.5, 0.6) is 5.75 Å². The smallest absolute Gasteiger partial charge is 0.870 e. The van der Waals surface area contributed by atoms with E-state index in [1.807, 2.05) is 6.92 Å². The molecule has 0 aromatic heterocycles. The minimum absolute atomic E-state index is 0. The summed E-state index contributed by atoms with van der Waals surface area (Å²) in [6.07, 6.45) is 5.54. The number of aromatic carboxylic acids is 1. The van der Waals surface area contributed by atoms with Crippen LogP contribution >= 0.6 is 0 Å². The summed E-state index contributed by atoms with van der Waals surface area (Å²) in [4.78, 5) is 46.2. The van der Waals surface area contributed by atoms with Gasteiger partial charge in [-0.25, -0.2) is 9.00 Å². The molecule has 5 rings (SSSR count). The second-order valence-electron chi connectivity index (χ2n) is 12.4. The summed E-state index contributed by atoms with van der Waals surface area (Å²) in [5, 5.41) is 40.1. The van der Waals surface area contributed by atoms with Gasteiger partial charge in [-0.1, -0.05) is 31.6 Å². The van der Waals surface area contributed by atoms with Gasteiger partial charge in [0.15, 0.2) is 12.4 Å². The van der Waals surface area contributed by atoms with Crippen molar-refractivity contribution in [2.24, 2.45) is 28.6 Å². The van der Waals surface area contributed by atoms with Crippen LogP contribution in [-0.2, 0) is 39.4 Å². The molecule has 49 heavy (non-hydrogen) atoms. The molecule has 15 nitrogen and oxygen atoms in total. The number of aromatic hydroxyl groups is 1. The topological polar surface area (TPSA) is 309 Å². The maximum Gasteiger partial charge on any atom is 3.00 e. The zero-order valence-electron chi connectivity index (χ0n) is 27.7. The maximum absolute atomic E-state index is 12.9. The van der Waals surface area contributed by atoms with Crippen LogP contribution in [0, 0.1) is 28.6 Å². The van der Waals surface area contributed by atoms with Gasteiger partial charge in [-0.2, -0.15) is 0 Å². The fourth-order valence-electron chi connectivity index (χ4n) is 8.09. The third kappa shape index (κ3) is 11.6. The molecule has 4 aliphatic rings. The van der Waals surface area contributed by atoms with E-state index in [0.717, 1.165) is 31.3 Å². The Balaban J connectivity index is -0.000000896. The summed E-state index contributed by atoms with van der Waals surface area (Å²) >= 11 is 3.35. The van der Waals surface area contributed by atoms with Gasteiger partial charge < -0.3 is 50.7 Å². The molecule has 0 aliphatic heterocycles. The summed E-state index contributed by atoms with van der Waals surface area (Å²) in [5.41, 5.74) is -1.43. The molecule has 1 aromatic carbocycles. The standard InChI is InChI=1S/C23H32O6.C7H6O3.Al.Na.H2O3S2.3H2O/c1-13(24)29-12-19(27)23(28)9-7-17-16-5-4-14-10-15(25)6-8-21(14,2)20(16)18(26)11-22(17,23)3;8-6-4-2-1-3-5(6)7(9)10;;;1-5(2,3)4;;;/h10,16-18,20,26,28H,4-9,11-12H2,1-3H3;1-4,8H,(H,9,10);;;(H2,1,2,3,4);3*1H2/q;;+3;+1;;;;/p-4/t16-,17-,18-,20+,21-,22-,23-;;;;;;;/m0......./s1. The number of para-hydroxylation sites is 1. The number of carboxylic acid groups (broad SMARTS) is 1. The van der Waals surface area contributed by atoms with Crippen LogP contribution in [-0.4, -0.2) is 109 Å². The van der Waals surface area contributed by atoms with Crippen LogP contribution in [0.1, 0.15) is 76.1 Å². The van der Waals surface area contributed by atoms with Gasteiger partial charge in [0.25, 0.3) is 0 Å². The minimum Gasteiger partial charge on any atom is -0.870 e. The number of hydrogen-bond donors (Lipinski definition) is 5. The number of ether oxygens (including phenoxy) is 1. The van der Waals surface area contributed by atoms with E-state index in [1.165, 1.54) is 19.1 Å². The molecule has 0 bridgehead atoms. The van der Waals surface area contributed by atoms with Gasteiger partial charge in [-0.3, -0.25) is 14.4 Å². The largest absolute Gasteiger partial charge is 3.00 e. The number of benzene rings is 1. The maximum atomic E-state index is 12.9. The number of aliphatic hydroxyl groups is 2. The average molecular weight is 757 g/mol. The molecule has 3 fully saturated rings. The fraction of sp³-hybridized carbons (Fsp3) is 0.600. The molecule has 0 saturated heterocycles. The van der Waals surface area contributed by atoms with Gasteiger partial charge in [0.1, 0.15) is 16.9 Å². The van der Waals surface area contributed by atoms with E-state index in [0.29, 0.717) is 19.3 Å². The molecule has 19 heteroatoms. The number of fused-ring (bicyclic) bond motifs is 5. The number of allylic oxidation sites excluding steroid dienone is 1. The molecule has 0 heterocycles. The summed E-state index contributed by atoms with van der Waals surface area (Å²) in [6.45, 7) is 4.92. The van der Waals surface area contributed by atoms with Crippen LogP contribution in [0.25, 0.3) is 0 Å². The van der Waals surface area contributed by atoms with Crippen molar-refractivity contribution < 1.29 is 104 Å². The monoisotopic (exact) mass is 756 g/mol. The van der Waals surface area contributed by atoms with Crippen molar-refractivity contribution in [3.05, 3.63) is 41.5 Å². The minimum atomic E-state index is -4.08.